The maximum Gasteiger partial charge on any atom is 0.196 e. The summed E-state index contributed by atoms with van der Waals surface area (Å²) < 4.78 is 0. The third-order valence-electron chi connectivity index (χ3n) is 4.96. The fraction of sp³-hybridized carbons (Fsp3) is 0.632. The number of guanidine groups is 1. The first-order chi connectivity index (χ1) is 11.3. The first-order valence-electron chi connectivity index (χ1n) is 9.20. The first kappa shape index (κ1) is 16.2. The maximum atomic E-state index is 9.44. The number of phenols is 1. The summed E-state index contributed by atoms with van der Waals surface area (Å²) in [6.07, 6.45) is 12.8. The summed E-state index contributed by atoms with van der Waals surface area (Å²) in [5.41, 5.74) is 0.973. The van der Waals surface area contributed by atoms with Crippen LogP contribution >= 0.6 is 0 Å². The molecule has 1 aromatic carbocycles. The van der Waals surface area contributed by atoms with Crippen LogP contribution in [0.1, 0.15) is 64.2 Å². The van der Waals surface area contributed by atoms with Crippen molar-refractivity contribution in [3.8, 4) is 5.75 Å². The Morgan fingerprint density at radius 2 is 1.48 bits per heavy atom. The minimum absolute atomic E-state index is 0.293. The monoisotopic (exact) mass is 315 g/mol. The highest BCUT2D eigenvalue weighted by atomic mass is 16.3. The van der Waals surface area contributed by atoms with Gasteiger partial charge in [0.1, 0.15) is 5.75 Å². The Hall–Kier alpha value is -1.71. The van der Waals surface area contributed by atoms with Crippen molar-refractivity contribution in [3.05, 3.63) is 24.3 Å². The zero-order valence-corrected chi connectivity index (χ0v) is 13.9. The molecule has 2 aliphatic carbocycles. The SMILES string of the molecule is Oc1ccc(NC(=NC2CCCC2)NC2CCCCCC2)cc1. The largest absolute Gasteiger partial charge is 0.508 e. The molecule has 2 aliphatic rings. The lowest BCUT2D eigenvalue weighted by Crippen LogP contribution is -2.39. The second-order valence-corrected chi connectivity index (χ2v) is 6.92. The molecule has 4 heteroatoms. The highest BCUT2D eigenvalue weighted by Gasteiger charge is 2.18. The van der Waals surface area contributed by atoms with Crippen molar-refractivity contribution in [2.45, 2.75) is 76.3 Å². The molecule has 126 valence electrons. The Balaban J connectivity index is 1.68. The summed E-state index contributed by atoms with van der Waals surface area (Å²) >= 11 is 0. The van der Waals surface area contributed by atoms with E-state index in [-0.39, 0.29) is 0 Å². The van der Waals surface area contributed by atoms with Gasteiger partial charge < -0.3 is 15.7 Å². The fourth-order valence-corrected chi connectivity index (χ4v) is 3.62. The van der Waals surface area contributed by atoms with Gasteiger partial charge in [-0.2, -0.15) is 0 Å². The molecule has 0 radical (unpaired) electrons. The van der Waals surface area contributed by atoms with Crippen LogP contribution in [-0.2, 0) is 0 Å². The Bertz CT molecular complexity index is 498. The van der Waals surface area contributed by atoms with Crippen LogP contribution in [0.5, 0.6) is 5.75 Å². The molecule has 3 N–H and O–H groups in total. The number of hydrogen-bond donors (Lipinski definition) is 3. The molecule has 2 saturated carbocycles. The van der Waals surface area contributed by atoms with Gasteiger partial charge in [0, 0.05) is 11.7 Å². The quantitative estimate of drug-likeness (QED) is 0.335. The minimum atomic E-state index is 0.293. The van der Waals surface area contributed by atoms with Crippen LogP contribution in [0.15, 0.2) is 29.3 Å². The number of rotatable bonds is 3. The highest BCUT2D eigenvalue weighted by Crippen LogP contribution is 2.22. The third kappa shape index (κ3) is 5.15. The van der Waals surface area contributed by atoms with Crippen molar-refractivity contribution in [2.75, 3.05) is 5.32 Å². The number of nitrogens with one attached hydrogen (secondary N) is 2. The summed E-state index contributed by atoms with van der Waals surface area (Å²) in [6, 6.07) is 8.19. The number of nitrogens with zero attached hydrogens (tertiary/aromatic N) is 1. The van der Waals surface area contributed by atoms with Crippen molar-refractivity contribution in [3.63, 3.8) is 0 Å². The Morgan fingerprint density at radius 1 is 0.870 bits per heavy atom. The molecule has 2 fully saturated rings. The van der Waals surface area contributed by atoms with Gasteiger partial charge in [0.25, 0.3) is 0 Å². The number of aromatic hydroxyl groups is 1. The van der Waals surface area contributed by atoms with Crippen molar-refractivity contribution in [2.24, 2.45) is 4.99 Å². The molecule has 0 bridgehead atoms. The summed E-state index contributed by atoms with van der Waals surface area (Å²) in [7, 11) is 0. The van der Waals surface area contributed by atoms with Gasteiger partial charge in [0.15, 0.2) is 5.96 Å². The standard InChI is InChI=1S/C19H29N3O/c23-18-13-11-17(12-14-18)22-19(21-16-9-5-6-10-16)20-15-7-3-1-2-4-8-15/h11-16,23H,1-10H2,(H2,20,21,22). The normalized spacial score (nSPS) is 21.1. The summed E-state index contributed by atoms with van der Waals surface area (Å²) in [4.78, 5) is 4.95. The van der Waals surface area contributed by atoms with E-state index in [2.05, 4.69) is 10.6 Å². The number of aliphatic imine (C=N–C) groups is 1. The average Bonchev–Trinajstić information content (AvgIpc) is 2.92. The van der Waals surface area contributed by atoms with Crippen LogP contribution in [0.2, 0.25) is 0 Å². The average molecular weight is 315 g/mol. The van der Waals surface area contributed by atoms with Crippen LogP contribution in [0.4, 0.5) is 5.69 Å². The molecule has 0 aromatic heterocycles. The van der Waals surface area contributed by atoms with Crippen molar-refractivity contribution in [1.82, 2.24) is 5.32 Å². The zero-order chi connectivity index (χ0) is 15.9. The van der Waals surface area contributed by atoms with Gasteiger partial charge in [-0.25, -0.2) is 4.99 Å². The van der Waals surface area contributed by atoms with E-state index in [0.717, 1.165) is 11.6 Å². The topological polar surface area (TPSA) is 56.6 Å². The van der Waals surface area contributed by atoms with Gasteiger partial charge in [-0.05, 0) is 49.9 Å². The second kappa shape index (κ2) is 8.23. The highest BCUT2D eigenvalue weighted by molar-refractivity contribution is 5.94. The minimum Gasteiger partial charge on any atom is -0.508 e. The molecular weight excluding hydrogens is 286 g/mol. The molecule has 3 rings (SSSR count). The number of anilines is 1. The molecule has 0 amide bonds. The second-order valence-electron chi connectivity index (χ2n) is 6.92. The Morgan fingerprint density at radius 3 is 2.13 bits per heavy atom. The van der Waals surface area contributed by atoms with Gasteiger partial charge in [0.2, 0.25) is 0 Å². The smallest absolute Gasteiger partial charge is 0.196 e. The van der Waals surface area contributed by atoms with E-state index in [9.17, 15) is 5.11 Å². The van der Waals surface area contributed by atoms with E-state index in [1.807, 2.05) is 12.1 Å². The van der Waals surface area contributed by atoms with E-state index < -0.39 is 0 Å². The predicted octanol–water partition coefficient (Wildman–Crippen LogP) is 4.42. The lowest BCUT2D eigenvalue weighted by Gasteiger charge is -2.21. The number of benzene rings is 1. The van der Waals surface area contributed by atoms with E-state index in [1.165, 1.54) is 64.2 Å². The third-order valence-corrected chi connectivity index (χ3v) is 4.96. The van der Waals surface area contributed by atoms with Crippen molar-refractivity contribution in [1.29, 1.82) is 0 Å². The van der Waals surface area contributed by atoms with Gasteiger partial charge in [-0.15, -0.1) is 0 Å². The molecule has 0 heterocycles. The van der Waals surface area contributed by atoms with E-state index in [4.69, 9.17) is 4.99 Å². The molecule has 1 aromatic rings. The summed E-state index contributed by atoms with van der Waals surface area (Å²) in [5.74, 6) is 1.20. The Kier molecular flexibility index (Phi) is 5.78. The molecule has 0 spiro atoms. The van der Waals surface area contributed by atoms with Crippen molar-refractivity contribution >= 4 is 11.6 Å². The van der Waals surface area contributed by atoms with Gasteiger partial charge in [-0.1, -0.05) is 38.5 Å². The van der Waals surface area contributed by atoms with Gasteiger partial charge in [-0.3, -0.25) is 0 Å². The van der Waals surface area contributed by atoms with Gasteiger partial charge in [0.05, 0.1) is 6.04 Å². The molecule has 0 unspecified atom stereocenters. The molecule has 0 saturated heterocycles. The van der Waals surface area contributed by atoms with Crippen LogP contribution in [0, 0.1) is 0 Å². The number of hydrogen-bond acceptors (Lipinski definition) is 2. The van der Waals surface area contributed by atoms with E-state index >= 15 is 0 Å². The van der Waals surface area contributed by atoms with E-state index in [0.29, 0.717) is 17.8 Å². The molecule has 0 aliphatic heterocycles. The summed E-state index contributed by atoms with van der Waals surface area (Å²) in [5, 5.41) is 16.5. The predicted molar refractivity (Wildman–Crippen MR) is 96.0 cm³/mol. The fourth-order valence-electron chi connectivity index (χ4n) is 3.62. The van der Waals surface area contributed by atoms with Crippen LogP contribution < -0.4 is 10.6 Å². The van der Waals surface area contributed by atoms with Crippen LogP contribution in [0.25, 0.3) is 0 Å². The molecular formula is C19H29N3O. The molecule has 4 nitrogen and oxygen atoms in total. The lowest BCUT2D eigenvalue weighted by atomic mass is 10.1. The van der Waals surface area contributed by atoms with Crippen molar-refractivity contribution < 1.29 is 5.11 Å². The Labute approximate surface area is 139 Å². The van der Waals surface area contributed by atoms with E-state index in [1.54, 1.807) is 12.1 Å². The van der Waals surface area contributed by atoms with Gasteiger partial charge >= 0.3 is 0 Å². The molecule has 23 heavy (non-hydrogen) atoms. The molecule has 0 atom stereocenters. The first-order valence-corrected chi connectivity index (χ1v) is 9.20. The summed E-state index contributed by atoms with van der Waals surface area (Å²) in [6.45, 7) is 0. The maximum absolute atomic E-state index is 9.44. The lowest BCUT2D eigenvalue weighted by molar-refractivity contribution is 0.475. The number of phenolic OH excluding ortho intramolecular Hbond substituents is 1. The van der Waals surface area contributed by atoms with Crippen LogP contribution in [-0.4, -0.2) is 23.1 Å². The van der Waals surface area contributed by atoms with Crippen LogP contribution in [0.3, 0.4) is 0 Å². The zero-order valence-electron chi connectivity index (χ0n) is 13.9.